The predicted molar refractivity (Wildman–Crippen MR) is 79.6 cm³/mol. The summed E-state index contributed by atoms with van der Waals surface area (Å²) >= 11 is 0. The van der Waals surface area contributed by atoms with Crippen LogP contribution in [0.15, 0.2) is 48.8 Å². The highest BCUT2D eigenvalue weighted by Crippen LogP contribution is 2.19. The molecule has 5 nitrogen and oxygen atoms in total. The maximum Gasteiger partial charge on any atom is 0.239 e. The number of sulfonamides is 1. The third-order valence-electron chi connectivity index (χ3n) is 3.12. The van der Waals surface area contributed by atoms with Gasteiger partial charge in [-0.2, -0.15) is 0 Å². The van der Waals surface area contributed by atoms with Crippen molar-refractivity contribution >= 4 is 15.7 Å². The third-order valence-corrected chi connectivity index (χ3v) is 4.84. The zero-order valence-electron chi connectivity index (χ0n) is 11.2. The SMILES string of the molecule is CN(c1ccncc1)S(=O)(=O)Cc1ccccc1CN. The molecule has 20 heavy (non-hydrogen) atoms. The van der Waals surface area contributed by atoms with Crippen LogP contribution in [0.4, 0.5) is 5.69 Å². The molecule has 0 aliphatic carbocycles. The minimum Gasteiger partial charge on any atom is -0.326 e. The first-order valence-electron chi connectivity index (χ1n) is 6.18. The van der Waals surface area contributed by atoms with Crippen LogP contribution in [0, 0.1) is 0 Å². The Hall–Kier alpha value is -1.92. The molecule has 0 atom stereocenters. The molecule has 106 valence electrons. The predicted octanol–water partition coefficient (Wildman–Crippen LogP) is 1.51. The minimum absolute atomic E-state index is 0.0702. The van der Waals surface area contributed by atoms with E-state index in [0.29, 0.717) is 12.2 Å². The molecule has 2 aromatic rings. The Balaban J connectivity index is 2.28. The highest BCUT2D eigenvalue weighted by Gasteiger charge is 2.20. The molecule has 0 fully saturated rings. The van der Waals surface area contributed by atoms with E-state index in [4.69, 9.17) is 5.73 Å². The van der Waals surface area contributed by atoms with Crippen molar-refractivity contribution in [2.45, 2.75) is 12.3 Å². The van der Waals surface area contributed by atoms with Crippen LogP contribution in [0.3, 0.4) is 0 Å². The summed E-state index contributed by atoms with van der Waals surface area (Å²) in [7, 11) is -1.91. The van der Waals surface area contributed by atoms with Gasteiger partial charge in [0.05, 0.1) is 11.4 Å². The number of benzene rings is 1. The molecule has 1 heterocycles. The van der Waals surface area contributed by atoms with Gasteiger partial charge in [0.15, 0.2) is 0 Å². The monoisotopic (exact) mass is 291 g/mol. The molecule has 0 spiro atoms. The lowest BCUT2D eigenvalue weighted by Crippen LogP contribution is -2.28. The molecule has 0 bridgehead atoms. The van der Waals surface area contributed by atoms with Crippen LogP contribution in [0.5, 0.6) is 0 Å². The number of anilines is 1. The van der Waals surface area contributed by atoms with Gasteiger partial charge in [-0.15, -0.1) is 0 Å². The summed E-state index contributed by atoms with van der Waals surface area (Å²) in [4.78, 5) is 3.88. The minimum atomic E-state index is -3.45. The fraction of sp³-hybridized carbons (Fsp3) is 0.214. The van der Waals surface area contributed by atoms with E-state index >= 15 is 0 Å². The molecule has 2 N–H and O–H groups in total. The van der Waals surface area contributed by atoms with Gasteiger partial charge in [-0.05, 0) is 23.3 Å². The van der Waals surface area contributed by atoms with E-state index < -0.39 is 10.0 Å². The van der Waals surface area contributed by atoms with E-state index in [-0.39, 0.29) is 5.75 Å². The first-order valence-corrected chi connectivity index (χ1v) is 7.79. The summed E-state index contributed by atoms with van der Waals surface area (Å²) in [6, 6.07) is 10.6. The molecule has 0 amide bonds. The molecule has 6 heteroatoms. The number of nitrogens with zero attached hydrogens (tertiary/aromatic N) is 2. The van der Waals surface area contributed by atoms with Gasteiger partial charge in [0.25, 0.3) is 0 Å². The molecule has 0 unspecified atom stereocenters. The third kappa shape index (κ3) is 3.15. The van der Waals surface area contributed by atoms with E-state index in [2.05, 4.69) is 4.98 Å². The molecule has 0 aliphatic heterocycles. The quantitative estimate of drug-likeness (QED) is 0.906. The molecule has 0 radical (unpaired) electrons. The van der Waals surface area contributed by atoms with Crippen LogP contribution < -0.4 is 10.0 Å². The van der Waals surface area contributed by atoms with E-state index in [1.165, 1.54) is 11.4 Å². The standard InChI is InChI=1S/C14H17N3O2S/c1-17(14-6-8-16-9-7-14)20(18,19)11-13-5-3-2-4-12(13)10-15/h2-9H,10-11,15H2,1H3. The highest BCUT2D eigenvalue weighted by molar-refractivity contribution is 7.92. The summed E-state index contributed by atoms with van der Waals surface area (Å²) in [5, 5.41) is 0. The number of nitrogens with two attached hydrogens (primary N) is 1. The Morgan fingerprint density at radius 3 is 2.30 bits per heavy atom. The summed E-state index contributed by atoms with van der Waals surface area (Å²) in [6.45, 7) is 0.324. The van der Waals surface area contributed by atoms with E-state index in [0.717, 1.165) is 11.1 Å². The lowest BCUT2D eigenvalue weighted by Gasteiger charge is -2.20. The zero-order valence-corrected chi connectivity index (χ0v) is 12.0. The van der Waals surface area contributed by atoms with Crippen molar-refractivity contribution in [1.29, 1.82) is 0 Å². The Morgan fingerprint density at radius 1 is 1.10 bits per heavy atom. The fourth-order valence-corrected chi connectivity index (χ4v) is 3.22. The second kappa shape index (κ2) is 6.02. The van der Waals surface area contributed by atoms with Crippen molar-refractivity contribution < 1.29 is 8.42 Å². The average Bonchev–Trinajstić information content (AvgIpc) is 2.47. The van der Waals surface area contributed by atoms with Crippen molar-refractivity contribution in [2.24, 2.45) is 5.73 Å². The molecule has 1 aromatic carbocycles. The largest absolute Gasteiger partial charge is 0.326 e. The number of hydrogen-bond acceptors (Lipinski definition) is 4. The van der Waals surface area contributed by atoms with Gasteiger partial charge >= 0.3 is 0 Å². The summed E-state index contributed by atoms with van der Waals surface area (Å²) in [5.41, 5.74) is 7.81. The van der Waals surface area contributed by atoms with Gasteiger partial charge in [-0.3, -0.25) is 9.29 Å². The Labute approximate surface area is 119 Å². The molecule has 0 saturated carbocycles. The van der Waals surface area contributed by atoms with Crippen LogP contribution in [-0.4, -0.2) is 20.4 Å². The number of rotatable bonds is 5. The molecule has 0 saturated heterocycles. The van der Waals surface area contributed by atoms with E-state index in [1.54, 1.807) is 30.6 Å². The van der Waals surface area contributed by atoms with Gasteiger partial charge in [0, 0.05) is 26.0 Å². The van der Waals surface area contributed by atoms with E-state index in [1.807, 2.05) is 18.2 Å². The summed E-state index contributed by atoms with van der Waals surface area (Å²) in [6.07, 6.45) is 3.13. The topological polar surface area (TPSA) is 76.3 Å². The van der Waals surface area contributed by atoms with Crippen molar-refractivity contribution in [3.05, 3.63) is 59.9 Å². The molecular formula is C14H17N3O2S. The number of hydrogen-bond donors (Lipinski definition) is 1. The highest BCUT2D eigenvalue weighted by atomic mass is 32.2. The van der Waals surface area contributed by atoms with Gasteiger partial charge in [0.2, 0.25) is 10.0 Å². The Kier molecular flexibility index (Phi) is 4.36. The van der Waals surface area contributed by atoms with Crippen molar-refractivity contribution in [2.75, 3.05) is 11.4 Å². The van der Waals surface area contributed by atoms with Crippen LogP contribution >= 0.6 is 0 Å². The first kappa shape index (κ1) is 14.5. The van der Waals surface area contributed by atoms with Crippen LogP contribution in [-0.2, 0) is 22.3 Å². The number of pyridine rings is 1. The molecular weight excluding hydrogens is 274 g/mol. The zero-order chi connectivity index (χ0) is 14.6. The molecule has 2 rings (SSSR count). The van der Waals surface area contributed by atoms with Crippen LogP contribution in [0.1, 0.15) is 11.1 Å². The number of aromatic nitrogens is 1. The maximum absolute atomic E-state index is 12.4. The Morgan fingerprint density at radius 2 is 1.70 bits per heavy atom. The Bertz CT molecular complexity index is 672. The van der Waals surface area contributed by atoms with Gasteiger partial charge in [-0.25, -0.2) is 8.42 Å². The first-order chi connectivity index (χ1) is 9.54. The summed E-state index contributed by atoms with van der Waals surface area (Å²) in [5.74, 6) is -0.0702. The normalized spacial score (nSPS) is 11.3. The average molecular weight is 291 g/mol. The van der Waals surface area contributed by atoms with Crippen LogP contribution in [0.2, 0.25) is 0 Å². The maximum atomic E-state index is 12.4. The van der Waals surface area contributed by atoms with Gasteiger partial charge in [-0.1, -0.05) is 24.3 Å². The fourth-order valence-electron chi connectivity index (χ4n) is 1.91. The molecule has 0 aliphatic rings. The molecule has 1 aromatic heterocycles. The van der Waals surface area contributed by atoms with Gasteiger partial charge < -0.3 is 5.73 Å². The van der Waals surface area contributed by atoms with Crippen molar-refractivity contribution in [1.82, 2.24) is 4.98 Å². The second-order valence-electron chi connectivity index (χ2n) is 4.40. The lowest BCUT2D eigenvalue weighted by atomic mass is 10.1. The van der Waals surface area contributed by atoms with Crippen LogP contribution in [0.25, 0.3) is 0 Å². The second-order valence-corrected chi connectivity index (χ2v) is 6.40. The smallest absolute Gasteiger partial charge is 0.239 e. The van der Waals surface area contributed by atoms with Crippen molar-refractivity contribution in [3.63, 3.8) is 0 Å². The van der Waals surface area contributed by atoms with Gasteiger partial charge in [0.1, 0.15) is 0 Å². The summed E-state index contributed by atoms with van der Waals surface area (Å²) < 4.78 is 26.1. The van der Waals surface area contributed by atoms with E-state index in [9.17, 15) is 8.42 Å². The lowest BCUT2D eigenvalue weighted by molar-refractivity contribution is 0.593. The van der Waals surface area contributed by atoms with Crippen molar-refractivity contribution in [3.8, 4) is 0 Å².